The van der Waals surface area contributed by atoms with Crippen molar-refractivity contribution >= 4 is 17.2 Å². The molecule has 0 N–H and O–H groups in total. The lowest BCUT2D eigenvalue weighted by Gasteiger charge is -2.04. The van der Waals surface area contributed by atoms with E-state index in [1.54, 1.807) is 0 Å². The third kappa shape index (κ3) is 2.35. The van der Waals surface area contributed by atoms with Gasteiger partial charge in [-0.3, -0.25) is 0 Å². The molecule has 0 nitrogen and oxygen atoms in total. The van der Waals surface area contributed by atoms with Gasteiger partial charge in [-0.2, -0.15) is 0 Å². The van der Waals surface area contributed by atoms with Crippen LogP contribution < -0.4 is 0 Å². The summed E-state index contributed by atoms with van der Waals surface area (Å²) in [4.78, 5) is 0. The van der Waals surface area contributed by atoms with Gasteiger partial charge in [-0.05, 0) is 48.4 Å². The summed E-state index contributed by atoms with van der Waals surface area (Å²) >= 11 is 5.80. The standard InChI is InChI=1S/C12H13Cl/c1-9(8-10-2-3-10)11-4-6-12(13)7-5-11/h4-7,10H,1-3,8H2. The van der Waals surface area contributed by atoms with E-state index in [1.165, 1.54) is 24.0 Å². The Morgan fingerprint density at radius 1 is 1.31 bits per heavy atom. The Hall–Kier alpha value is -0.750. The van der Waals surface area contributed by atoms with Crippen molar-refractivity contribution in [2.75, 3.05) is 0 Å². The maximum absolute atomic E-state index is 5.80. The molecule has 1 aliphatic rings. The first-order valence-electron chi connectivity index (χ1n) is 4.69. The van der Waals surface area contributed by atoms with E-state index in [4.69, 9.17) is 11.6 Å². The molecular formula is C12H13Cl. The van der Waals surface area contributed by atoms with Crippen LogP contribution in [0, 0.1) is 5.92 Å². The molecule has 0 radical (unpaired) electrons. The maximum atomic E-state index is 5.80. The van der Waals surface area contributed by atoms with Crippen molar-refractivity contribution in [3.05, 3.63) is 41.4 Å². The Labute approximate surface area is 84.2 Å². The highest BCUT2D eigenvalue weighted by Crippen LogP contribution is 2.37. The van der Waals surface area contributed by atoms with Gasteiger partial charge >= 0.3 is 0 Å². The zero-order valence-corrected chi connectivity index (χ0v) is 8.35. The highest BCUT2D eigenvalue weighted by atomic mass is 35.5. The lowest BCUT2D eigenvalue weighted by Crippen LogP contribution is -1.83. The molecule has 0 unspecified atom stereocenters. The molecule has 1 aromatic rings. The molecule has 68 valence electrons. The average molecular weight is 193 g/mol. The van der Waals surface area contributed by atoms with E-state index in [-0.39, 0.29) is 0 Å². The number of hydrogen-bond acceptors (Lipinski definition) is 0. The van der Waals surface area contributed by atoms with E-state index < -0.39 is 0 Å². The number of hydrogen-bond donors (Lipinski definition) is 0. The second-order valence-corrected chi connectivity index (χ2v) is 4.19. The quantitative estimate of drug-likeness (QED) is 0.675. The average Bonchev–Trinajstić information content (AvgIpc) is 2.89. The van der Waals surface area contributed by atoms with Gasteiger partial charge in [0.05, 0.1) is 0 Å². The number of rotatable bonds is 3. The van der Waals surface area contributed by atoms with Crippen molar-refractivity contribution < 1.29 is 0 Å². The van der Waals surface area contributed by atoms with E-state index >= 15 is 0 Å². The number of benzene rings is 1. The smallest absolute Gasteiger partial charge is 0.0406 e. The maximum Gasteiger partial charge on any atom is 0.0406 e. The lowest BCUT2D eigenvalue weighted by atomic mass is 10.0. The molecule has 1 saturated carbocycles. The summed E-state index contributed by atoms with van der Waals surface area (Å²) in [5.41, 5.74) is 2.48. The summed E-state index contributed by atoms with van der Waals surface area (Å²) in [5, 5.41) is 0.794. The van der Waals surface area contributed by atoms with Crippen molar-refractivity contribution in [3.63, 3.8) is 0 Å². The molecule has 0 amide bonds. The minimum atomic E-state index is 0.794. The summed E-state index contributed by atoms with van der Waals surface area (Å²) in [6, 6.07) is 7.95. The minimum Gasteiger partial charge on any atom is -0.0952 e. The van der Waals surface area contributed by atoms with Crippen molar-refractivity contribution in [1.29, 1.82) is 0 Å². The van der Waals surface area contributed by atoms with Crippen LogP contribution in [-0.2, 0) is 0 Å². The van der Waals surface area contributed by atoms with Crippen LogP contribution >= 0.6 is 11.6 Å². The fourth-order valence-electron chi connectivity index (χ4n) is 1.47. The molecule has 1 heteroatoms. The normalized spacial score (nSPS) is 15.8. The van der Waals surface area contributed by atoms with Crippen LogP contribution in [0.2, 0.25) is 5.02 Å². The first kappa shape index (κ1) is 8.83. The van der Waals surface area contributed by atoms with Crippen LogP contribution in [0.5, 0.6) is 0 Å². The summed E-state index contributed by atoms with van der Waals surface area (Å²) in [5.74, 6) is 0.906. The van der Waals surface area contributed by atoms with Gasteiger partial charge in [0, 0.05) is 5.02 Å². The molecule has 1 fully saturated rings. The Balaban J connectivity index is 2.05. The van der Waals surface area contributed by atoms with Crippen LogP contribution in [-0.4, -0.2) is 0 Å². The van der Waals surface area contributed by atoms with Crippen molar-refractivity contribution in [1.82, 2.24) is 0 Å². The van der Waals surface area contributed by atoms with Crippen LogP contribution in [0.1, 0.15) is 24.8 Å². The zero-order valence-electron chi connectivity index (χ0n) is 7.59. The largest absolute Gasteiger partial charge is 0.0952 e. The van der Waals surface area contributed by atoms with Crippen LogP contribution in [0.15, 0.2) is 30.8 Å². The molecule has 13 heavy (non-hydrogen) atoms. The number of halogens is 1. The fourth-order valence-corrected chi connectivity index (χ4v) is 1.60. The zero-order chi connectivity index (χ0) is 9.26. The minimum absolute atomic E-state index is 0.794. The molecule has 0 spiro atoms. The van der Waals surface area contributed by atoms with E-state index in [0.717, 1.165) is 17.4 Å². The van der Waals surface area contributed by atoms with E-state index in [2.05, 4.69) is 6.58 Å². The van der Waals surface area contributed by atoms with Crippen LogP contribution in [0.3, 0.4) is 0 Å². The van der Waals surface area contributed by atoms with Crippen molar-refractivity contribution in [2.45, 2.75) is 19.3 Å². The van der Waals surface area contributed by atoms with E-state index in [1.807, 2.05) is 24.3 Å². The fraction of sp³-hybridized carbons (Fsp3) is 0.333. The first-order chi connectivity index (χ1) is 6.25. The molecule has 1 aromatic carbocycles. The van der Waals surface area contributed by atoms with Gasteiger partial charge < -0.3 is 0 Å². The van der Waals surface area contributed by atoms with Crippen LogP contribution in [0.25, 0.3) is 5.57 Å². The summed E-state index contributed by atoms with van der Waals surface area (Å²) < 4.78 is 0. The van der Waals surface area contributed by atoms with Gasteiger partial charge in [0.2, 0.25) is 0 Å². The molecule has 0 aliphatic heterocycles. The summed E-state index contributed by atoms with van der Waals surface area (Å²) in [6.45, 7) is 4.09. The van der Waals surface area contributed by atoms with Gasteiger partial charge in [-0.15, -0.1) is 0 Å². The van der Waals surface area contributed by atoms with E-state index in [9.17, 15) is 0 Å². The number of allylic oxidation sites excluding steroid dienone is 1. The van der Waals surface area contributed by atoms with E-state index in [0.29, 0.717) is 0 Å². The Morgan fingerprint density at radius 2 is 1.92 bits per heavy atom. The highest BCUT2D eigenvalue weighted by molar-refractivity contribution is 6.30. The highest BCUT2D eigenvalue weighted by Gasteiger charge is 2.22. The molecule has 0 atom stereocenters. The lowest BCUT2D eigenvalue weighted by molar-refractivity contribution is 0.878. The second-order valence-electron chi connectivity index (χ2n) is 3.76. The SMILES string of the molecule is C=C(CC1CC1)c1ccc(Cl)cc1. The summed E-state index contributed by atoms with van der Waals surface area (Å²) in [7, 11) is 0. The molecule has 2 rings (SSSR count). The van der Waals surface area contributed by atoms with Gasteiger partial charge in [0.25, 0.3) is 0 Å². The molecule has 0 bridgehead atoms. The van der Waals surface area contributed by atoms with Gasteiger partial charge in [-0.25, -0.2) is 0 Å². The van der Waals surface area contributed by atoms with Gasteiger partial charge in [-0.1, -0.05) is 30.3 Å². The Bertz CT molecular complexity index is 306. The Kier molecular flexibility index (Phi) is 2.41. The molecule has 1 aliphatic carbocycles. The monoisotopic (exact) mass is 192 g/mol. The van der Waals surface area contributed by atoms with Gasteiger partial charge in [0.1, 0.15) is 0 Å². The van der Waals surface area contributed by atoms with Crippen LogP contribution in [0.4, 0.5) is 0 Å². The third-order valence-corrected chi connectivity index (χ3v) is 2.74. The second kappa shape index (κ2) is 3.55. The topological polar surface area (TPSA) is 0 Å². The van der Waals surface area contributed by atoms with Crippen molar-refractivity contribution in [3.8, 4) is 0 Å². The molecule has 0 aromatic heterocycles. The predicted octanol–water partition coefficient (Wildman–Crippen LogP) is 4.15. The molecular weight excluding hydrogens is 180 g/mol. The third-order valence-electron chi connectivity index (χ3n) is 2.48. The molecule has 0 heterocycles. The predicted molar refractivity (Wildman–Crippen MR) is 57.8 cm³/mol. The first-order valence-corrected chi connectivity index (χ1v) is 5.07. The Morgan fingerprint density at radius 3 is 2.46 bits per heavy atom. The molecule has 0 saturated heterocycles. The summed E-state index contributed by atoms with van der Waals surface area (Å²) in [6.07, 6.45) is 3.92. The van der Waals surface area contributed by atoms with Gasteiger partial charge in [0.15, 0.2) is 0 Å². The van der Waals surface area contributed by atoms with Crippen molar-refractivity contribution in [2.24, 2.45) is 5.92 Å².